The van der Waals surface area contributed by atoms with E-state index in [4.69, 9.17) is 0 Å². The summed E-state index contributed by atoms with van der Waals surface area (Å²) >= 11 is 0. The molecule has 35 heavy (non-hydrogen) atoms. The van der Waals surface area contributed by atoms with Gasteiger partial charge in [-0.25, -0.2) is 0 Å². The number of hydrogen-bond acceptors (Lipinski definition) is 3. The Morgan fingerprint density at radius 3 is 2.09 bits per heavy atom. The van der Waals surface area contributed by atoms with Crippen LogP contribution in [0.15, 0.2) is 54.1 Å². The molecule has 0 aromatic heterocycles. The Balaban J connectivity index is 1.16. The molecule has 5 rings (SSSR count). The number of nitrogens with one attached hydrogen (secondary N) is 1. The van der Waals surface area contributed by atoms with Crippen LogP contribution >= 0.6 is 0 Å². The largest absolute Gasteiger partial charge is 0.356 e. The predicted molar refractivity (Wildman–Crippen MR) is 141 cm³/mol. The highest BCUT2D eigenvalue weighted by atomic mass is 16.2. The summed E-state index contributed by atoms with van der Waals surface area (Å²) in [5.74, 6) is 0.204. The van der Waals surface area contributed by atoms with E-state index < -0.39 is 0 Å². The number of nitrogens with zero attached hydrogens (tertiary/aromatic N) is 2. The molecule has 2 aromatic rings. The van der Waals surface area contributed by atoms with E-state index in [1.165, 1.54) is 27.8 Å². The first kappa shape index (κ1) is 23.6. The monoisotopic (exact) mass is 469 g/mol. The third-order valence-corrected chi connectivity index (χ3v) is 7.72. The van der Waals surface area contributed by atoms with Gasteiger partial charge in [0.15, 0.2) is 0 Å². The van der Waals surface area contributed by atoms with Crippen molar-refractivity contribution in [1.82, 2.24) is 15.1 Å². The minimum Gasteiger partial charge on any atom is -0.356 e. The van der Waals surface area contributed by atoms with Gasteiger partial charge in [0.25, 0.3) is 0 Å². The van der Waals surface area contributed by atoms with Crippen LogP contribution in [0, 0.1) is 5.92 Å². The lowest BCUT2D eigenvalue weighted by Crippen LogP contribution is -2.40. The number of hydrogen-bond donors (Lipinski definition) is 1. The first-order valence-corrected chi connectivity index (χ1v) is 13.0. The van der Waals surface area contributed by atoms with E-state index in [9.17, 15) is 9.59 Å². The summed E-state index contributed by atoms with van der Waals surface area (Å²) in [6.07, 6.45) is 10.1. The van der Waals surface area contributed by atoms with Gasteiger partial charge in [0, 0.05) is 38.6 Å². The predicted octanol–water partition coefficient (Wildman–Crippen LogP) is 4.44. The second kappa shape index (κ2) is 11.0. The van der Waals surface area contributed by atoms with E-state index in [1.54, 1.807) is 10.5 Å². The van der Waals surface area contributed by atoms with E-state index in [2.05, 4.69) is 70.9 Å². The van der Waals surface area contributed by atoms with Gasteiger partial charge in [-0.2, -0.15) is 0 Å². The Labute approximate surface area is 208 Å². The van der Waals surface area contributed by atoms with Gasteiger partial charge in [0.1, 0.15) is 0 Å². The minimum atomic E-state index is 0.0511. The Morgan fingerprint density at radius 1 is 0.886 bits per heavy atom. The fourth-order valence-corrected chi connectivity index (χ4v) is 5.67. The van der Waals surface area contributed by atoms with Crippen LogP contribution in [-0.4, -0.2) is 61.4 Å². The van der Waals surface area contributed by atoms with Crippen molar-refractivity contribution >= 4 is 30.0 Å². The Morgan fingerprint density at radius 2 is 1.49 bits per heavy atom. The maximum absolute atomic E-state index is 12.4. The van der Waals surface area contributed by atoms with Gasteiger partial charge in [-0.15, -0.1) is 0 Å². The fourth-order valence-electron chi connectivity index (χ4n) is 5.67. The summed E-state index contributed by atoms with van der Waals surface area (Å²) in [4.78, 5) is 27.6. The standard InChI is InChI=1S/C30H35N3O2/c34-22-33-20-14-26(15-21-33)30(35)31-16-5-17-32-18-12-25(13-19-32)29-27-8-3-1-6-23(27)10-11-24-7-2-4-9-28(24)29/h1-4,6-11,22,26H,5,12-21H2,(H,31,35). The molecular formula is C30H35N3O2. The molecule has 0 radical (unpaired) electrons. The number of amides is 2. The highest BCUT2D eigenvalue weighted by Crippen LogP contribution is 2.38. The highest BCUT2D eigenvalue weighted by Gasteiger charge is 2.25. The second-order valence-electron chi connectivity index (χ2n) is 9.89. The number of rotatable bonds is 6. The van der Waals surface area contributed by atoms with Crippen LogP contribution in [0.3, 0.4) is 0 Å². The summed E-state index contributed by atoms with van der Waals surface area (Å²) in [6, 6.07) is 17.5. The van der Waals surface area contributed by atoms with Gasteiger partial charge in [-0.1, -0.05) is 66.3 Å². The minimum absolute atomic E-state index is 0.0511. The van der Waals surface area contributed by atoms with E-state index >= 15 is 0 Å². The molecule has 0 bridgehead atoms. The fraction of sp³-hybridized carbons (Fsp3) is 0.400. The first-order chi connectivity index (χ1) is 17.2. The van der Waals surface area contributed by atoms with Crippen molar-refractivity contribution in [3.8, 4) is 0 Å². The summed E-state index contributed by atoms with van der Waals surface area (Å²) < 4.78 is 0. The van der Waals surface area contributed by atoms with Crippen LogP contribution in [0.1, 0.15) is 54.4 Å². The van der Waals surface area contributed by atoms with Gasteiger partial charge in [0.05, 0.1) is 0 Å². The molecule has 3 aliphatic rings. The van der Waals surface area contributed by atoms with Crippen LogP contribution < -0.4 is 5.32 Å². The van der Waals surface area contributed by atoms with Gasteiger partial charge < -0.3 is 15.1 Å². The van der Waals surface area contributed by atoms with Gasteiger partial charge >= 0.3 is 0 Å². The molecule has 2 saturated heterocycles. The van der Waals surface area contributed by atoms with Crippen LogP contribution in [0.2, 0.25) is 0 Å². The molecule has 2 heterocycles. The molecule has 0 saturated carbocycles. The van der Waals surface area contributed by atoms with Crippen LogP contribution in [0.25, 0.3) is 17.7 Å². The average Bonchev–Trinajstić information content (AvgIpc) is 3.08. The van der Waals surface area contributed by atoms with Crippen molar-refractivity contribution in [3.63, 3.8) is 0 Å². The molecule has 2 amide bonds. The molecule has 5 nitrogen and oxygen atoms in total. The number of likely N-dealkylation sites (tertiary alicyclic amines) is 2. The first-order valence-electron chi connectivity index (χ1n) is 13.0. The molecular weight excluding hydrogens is 434 g/mol. The van der Waals surface area contributed by atoms with Gasteiger partial charge in [-0.3, -0.25) is 9.59 Å². The molecule has 2 fully saturated rings. The van der Waals surface area contributed by atoms with Crippen molar-refractivity contribution in [1.29, 1.82) is 0 Å². The lowest BCUT2D eigenvalue weighted by molar-refractivity contribution is -0.128. The normalized spacial score (nSPS) is 18.6. The number of carbonyl (C=O) groups excluding carboxylic acids is 2. The van der Waals surface area contributed by atoms with E-state index in [1.807, 2.05) is 0 Å². The summed E-state index contributed by atoms with van der Waals surface area (Å²) in [6.45, 7) is 5.25. The molecule has 2 aromatic carbocycles. The third kappa shape index (κ3) is 5.40. The van der Waals surface area contributed by atoms with Crippen LogP contribution in [0.4, 0.5) is 0 Å². The summed E-state index contributed by atoms with van der Waals surface area (Å²) in [5, 5.41) is 3.13. The summed E-state index contributed by atoms with van der Waals surface area (Å²) in [5.41, 5.74) is 8.26. The van der Waals surface area contributed by atoms with Crippen molar-refractivity contribution in [2.75, 3.05) is 39.3 Å². The average molecular weight is 470 g/mol. The number of piperidine rings is 2. The zero-order valence-electron chi connectivity index (χ0n) is 20.4. The number of fused-ring (bicyclic) bond motifs is 2. The Kier molecular flexibility index (Phi) is 7.43. The zero-order valence-corrected chi connectivity index (χ0v) is 20.4. The molecule has 2 aliphatic heterocycles. The molecule has 0 spiro atoms. The van der Waals surface area contributed by atoms with Crippen LogP contribution in [0.5, 0.6) is 0 Å². The zero-order chi connectivity index (χ0) is 24.0. The number of carbonyl (C=O) groups is 2. The maximum atomic E-state index is 12.4. The SMILES string of the molecule is O=CN1CCC(C(=O)NCCCN2CCC(=C3c4ccccc4C=Cc4ccccc43)CC2)CC1. The smallest absolute Gasteiger partial charge is 0.223 e. The molecule has 1 N–H and O–H groups in total. The van der Waals surface area contributed by atoms with Crippen molar-refractivity contribution in [2.45, 2.75) is 32.1 Å². The van der Waals surface area contributed by atoms with E-state index in [0.29, 0.717) is 13.1 Å². The summed E-state index contributed by atoms with van der Waals surface area (Å²) in [7, 11) is 0. The van der Waals surface area contributed by atoms with Gasteiger partial charge in [0.2, 0.25) is 12.3 Å². The van der Waals surface area contributed by atoms with Crippen molar-refractivity contribution in [2.24, 2.45) is 5.92 Å². The molecule has 0 unspecified atom stereocenters. The Bertz CT molecular complexity index is 1070. The topological polar surface area (TPSA) is 52.7 Å². The third-order valence-electron chi connectivity index (χ3n) is 7.72. The lowest BCUT2D eigenvalue weighted by Gasteiger charge is -2.31. The Hall–Kier alpha value is -3.18. The van der Waals surface area contributed by atoms with Crippen molar-refractivity contribution in [3.05, 3.63) is 76.4 Å². The second-order valence-corrected chi connectivity index (χ2v) is 9.89. The molecule has 0 atom stereocenters. The highest BCUT2D eigenvalue weighted by molar-refractivity contribution is 5.94. The van der Waals surface area contributed by atoms with E-state index in [-0.39, 0.29) is 11.8 Å². The number of benzene rings is 2. The molecule has 182 valence electrons. The van der Waals surface area contributed by atoms with Crippen LogP contribution in [-0.2, 0) is 9.59 Å². The lowest BCUT2D eigenvalue weighted by atomic mass is 9.86. The molecule has 5 heteroatoms. The van der Waals surface area contributed by atoms with E-state index in [0.717, 1.165) is 64.7 Å². The molecule has 1 aliphatic carbocycles. The van der Waals surface area contributed by atoms with Crippen molar-refractivity contribution < 1.29 is 9.59 Å². The van der Waals surface area contributed by atoms with Gasteiger partial charge in [-0.05, 0) is 66.5 Å². The maximum Gasteiger partial charge on any atom is 0.223 e. The quantitative estimate of drug-likeness (QED) is 0.429.